The molecule has 2 aliphatic heterocycles. The summed E-state index contributed by atoms with van der Waals surface area (Å²) < 4.78 is 0. The second-order valence-electron chi connectivity index (χ2n) is 8.16. The van der Waals surface area contributed by atoms with Gasteiger partial charge in [0, 0.05) is 49.8 Å². The third-order valence-corrected chi connectivity index (χ3v) is 6.75. The van der Waals surface area contributed by atoms with Crippen molar-refractivity contribution in [1.29, 1.82) is 0 Å². The van der Waals surface area contributed by atoms with Gasteiger partial charge in [0.25, 0.3) is 0 Å². The molecule has 4 rings (SSSR count). The Bertz CT molecular complexity index is 899. The van der Waals surface area contributed by atoms with Gasteiger partial charge in [0.15, 0.2) is 10.9 Å². The summed E-state index contributed by atoms with van der Waals surface area (Å²) in [5, 5.41) is 3.59. The van der Waals surface area contributed by atoms with Crippen LogP contribution in [0.2, 0.25) is 0 Å². The number of thiazole rings is 1. The molecule has 1 saturated heterocycles. The first kappa shape index (κ1) is 20.9. The van der Waals surface area contributed by atoms with E-state index in [1.54, 1.807) is 11.1 Å². The van der Waals surface area contributed by atoms with Crippen molar-refractivity contribution in [3.63, 3.8) is 0 Å². The molecular weight excluding hydrogens is 398 g/mol. The van der Waals surface area contributed by atoms with Crippen LogP contribution in [0.15, 0.2) is 18.3 Å². The van der Waals surface area contributed by atoms with Gasteiger partial charge < -0.3 is 14.7 Å². The maximum absolute atomic E-state index is 13.2. The van der Waals surface area contributed by atoms with Crippen LogP contribution in [0.1, 0.15) is 24.6 Å². The molecule has 30 heavy (non-hydrogen) atoms. The lowest BCUT2D eigenvalue weighted by Crippen LogP contribution is -2.36. The first-order valence-corrected chi connectivity index (χ1v) is 11.5. The van der Waals surface area contributed by atoms with Crippen molar-refractivity contribution >= 4 is 39.8 Å². The molecule has 0 bridgehead atoms. The number of urea groups is 1. The van der Waals surface area contributed by atoms with Gasteiger partial charge in [-0.2, -0.15) is 0 Å². The number of hydrogen-bond acceptors (Lipinski definition) is 7. The summed E-state index contributed by atoms with van der Waals surface area (Å²) in [5.41, 5.74) is 1.02. The van der Waals surface area contributed by atoms with Crippen LogP contribution >= 0.6 is 11.3 Å². The molecule has 2 aromatic heterocycles. The number of rotatable bonds is 4. The molecule has 8 nitrogen and oxygen atoms in total. The average Bonchev–Trinajstić information content (AvgIpc) is 3.33. The molecule has 0 unspecified atom stereocenters. The maximum Gasteiger partial charge on any atom is 0.329 e. The van der Waals surface area contributed by atoms with Gasteiger partial charge in [-0.25, -0.2) is 14.8 Å². The summed E-state index contributed by atoms with van der Waals surface area (Å²) in [6, 6.07) is 4.60. The minimum absolute atomic E-state index is 0.166. The fourth-order valence-electron chi connectivity index (χ4n) is 4.17. The highest BCUT2D eigenvalue weighted by atomic mass is 32.1. The molecule has 2 aliphatic rings. The number of likely N-dealkylation sites (N-methyl/N-ethyl adjacent to an activating group) is 1. The number of pyridine rings is 1. The molecule has 0 radical (unpaired) electrons. The van der Waals surface area contributed by atoms with Crippen LogP contribution in [0.4, 0.5) is 27.2 Å². The van der Waals surface area contributed by atoms with Crippen molar-refractivity contribution in [2.24, 2.45) is 0 Å². The Morgan fingerprint density at radius 1 is 1.30 bits per heavy atom. The van der Waals surface area contributed by atoms with E-state index in [1.807, 2.05) is 6.92 Å². The Kier molecular flexibility index (Phi) is 6.10. The van der Waals surface area contributed by atoms with Crippen LogP contribution in [0.5, 0.6) is 0 Å². The predicted molar refractivity (Wildman–Crippen MR) is 124 cm³/mol. The second-order valence-corrected chi connectivity index (χ2v) is 9.39. The van der Waals surface area contributed by atoms with Crippen LogP contribution < -0.4 is 20.0 Å². The van der Waals surface area contributed by atoms with Crippen molar-refractivity contribution < 1.29 is 4.79 Å². The number of fused-ring (bicyclic) bond motifs is 1. The van der Waals surface area contributed by atoms with Gasteiger partial charge in [0.1, 0.15) is 5.82 Å². The summed E-state index contributed by atoms with van der Waals surface area (Å²) in [5.74, 6) is 1.69. The lowest BCUT2D eigenvalue weighted by Gasteiger charge is -2.27. The van der Waals surface area contributed by atoms with Crippen LogP contribution in [0, 0.1) is 6.92 Å². The number of carbonyl (C=O) groups excluding carboxylic acids is 1. The predicted octanol–water partition coefficient (Wildman–Crippen LogP) is 3.26. The Morgan fingerprint density at radius 2 is 2.13 bits per heavy atom. The number of aromatic nitrogens is 2. The summed E-state index contributed by atoms with van der Waals surface area (Å²) in [6.07, 6.45) is 3.80. The Hall–Kier alpha value is -2.39. The van der Waals surface area contributed by atoms with Gasteiger partial charge in [-0.05, 0) is 52.9 Å². The molecule has 1 atom stereocenters. The highest BCUT2D eigenvalue weighted by Crippen LogP contribution is 2.34. The minimum Gasteiger partial charge on any atom is -0.369 e. The zero-order chi connectivity index (χ0) is 21.3. The van der Waals surface area contributed by atoms with Gasteiger partial charge in [-0.15, -0.1) is 11.3 Å². The van der Waals surface area contributed by atoms with E-state index in [0.717, 1.165) is 61.2 Å². The Balaban J connectivity index is 1.64. The van der Waals surface area contributed by atoms with E-state index >= 15 is 0 Å². The number of nitrogens with zero attached hydrogens (tertiary/aromatic N) is 6. The first-order valence-electron chi connectivity index (χ1n) is 10.6. The van der Waals surface area contributed by atoms with Crippen LogP contribution in [-0.2, 0) is 0 Å². The molecule has 0 saturated carbocycles. The number of nitrogens with one attached hydrogen (secondary N) is 1. The second kappa shape index (κ2) is 8.77. The lowest BCUT2D eigenvalue weighted by atomic mass is 10.2. The topological polar surface area (TPSA) is 67.8 Å². The first-order chi connectivity index (χ1) is 14.5. The molecule has 0 aliphatic carbocycles. The summed E-state index contributed by atoms with van der Waals surface area (Å²) in [6.45, 7) is 8.51. The molecule has 1 fully saturated rings. The maximum atomic E-state index is 13.2. The largest absolute Gasteiger partial charge is 0.369 e. The molecule has 162 valence electrons. The molecular formula is C21H31N7OS. The average molecular weight is 430 g/mol. The van der Waals surface area contributed by atoms with Gasteiger partial charge in [0.2, 0.25) is 0 Å². The molecule has 4 heterocycles. The minimum atomic E-state index is -0.166. The van der Waals surface area contributed by atoms with E-state index in [4.69, 9.17) is 4.98 Å². The number of aryl methyl sites for hydroxylation is 1. The van der Waals surface area contributed by atoms with E-state index in [9.17, 15) is 4.79 Å². The Morgan fingerprint density at radius 3 is 2.80 bits per heavy atom. The van der Waals surface area contributed by atoms with Gasteiger partial charge in [-0.1, -0.05) is 0 Å². The summed E-state index contributed by atoms with van der Waals surface area (Å²) in [4.78, 5) is 32.2. The SMILES string of the molecule is CCN1CCCN(C(=O)Nc2ncc(C)s2)c2nc(N3CC[C@H](N(C)C)C3)ccc21. The smallest absolute Gasteiger partial charge is 0.329 e. The number of anilines is 4. The van der Waals surface area contributed by atoms with E-state index in [1.165, 1.54) is 11.3 Å². The third kappa shape index (κ3) is 4.22. The van der Waals surface area contributed by atoms with Gasteiger partial charge in [-0.3, -0.25) is 10.2 Å². The van der Waals surface area contributed by atoms with Crippen molar-refractivity contribution in [2.75, 3.05) is 66.8 Å². The lowest BCUT2D eigenvalue weighted by molar-refractivity contribution is 0.257. The summed E-state index contributed by atoms with van der Waals surface area (Å²) >= 11 is 1.48. The van der Waals surface area contributed by atoms with Crippen molar-refractivity contribution in [3.05, 3.63) is 23.2 Å². The zero-order valence-electron chi connectivity index (χ0n) is 18.3. The number of carbonyl (C=O) groups is 1. The molecule has 0 spiro atoms. The fourth-order valence-corrected chi connectivity index (χ4v) is 4.82. The van der Waals surface area contributed by atoms with Crippen molar-refractivity contribution in [1.82, 2.24) is 14.9 Å². The Labute approximate surface area is 182 Å². The standard InChI is InChI=1S/C21H31N7OS/c1-5-26-10-6-11-28(21(29)24-20-22-13-15(2)30-20)19-17(26)7-8-18(23-19)27-12-9-16(14-27)25(3)4/h7-8,13,16H,5-6,9-12,14H2,1-4H3,(H,22,24,29)/t16-/m0/s1. The third-order valence-electron chi connectivity index (χ3n) is 5.93. The van der Waals surface area contributed by atoms with Crippen LogP contribution in [-0.4, -0.2) is 73.8 Å². The van der Waals surface area contributed by atoms with E-state index < -0.39 is 0 Å². The van der Waals surface area contributed by atoms with Gasteiger partial charge in [0.05, 0.1) is 5.69 Å². The highest BCUT2D eigenvalue weighted by Gasteiger charge is 2.29. The van der Waals surface area contributed by atoms with E-state index in [-0.39, 0.29) is 6.03 Å². The fraction of sp³-hybridized carbons (Fsp3) is 0.571. The van der Waals surface area contributed by atoms with E-state index in [0.29, 0.717) is 17.7 Å². The molecule has 2 aromatic rings. The summed E-state index contributed by atoms with van der Waals surface area (Å²) in [7, 11) is 4.26. The van der Waals surface area contributed by atoms with E-state index in [2.05, 4.69) is 58.2 Å². The van der Waals surface area contributed by atoms with Crippen LogP contribution in [0.25, 0.3) is 0 Å². The molecule has 0 aromatic carbocycles. The zero-order valence-corrected chi connectivity index (χ0v) is 19.1. The monoisotopic (exact) mass is 429 g/mol. The number of hydrogen-bond donors (Lipinski definition) is 1. The highest BCUT2D eigenvalue weighted by molar-refractivity contribution is 7.15. The molecule has 1 N–H and O–H groups in total. The van der Waals surface area contributed by atoms with Crippen LogP contribution in [0.3, 0.4) is 0 Å². The normalized spacial score (nSPS) is 19.2. The molecule has 2 amide bonds. The number of amides is 2. The quantitative estimate of drug-likeness (QED) is 0.805. The van der Waals surface area contributed by atoms with Crippen molar-refractivity contribution in [2.45, 2.75) is 32.7 Å². The van der Waals surface area contributed by atoms with Gasteiger partial charge >= 0.3 is 6.03 Å². The molecule has 9 heteroatoms. The van der Waals surface area contributed by atoms with Crippen molar-refractivity contribution in [3.8, 4) is 0 Å².